The summed E-state index contributed by atoms with van der Waals surface area (Å²) in [5.74, 6) is 1.18. The zero-order chi connectivity index (χ0) is 25.4. The van der Waals surface area contributed by atoms with Gasteiger partial charge in [0.05, 0.1) is 48.2 Å². The van der Waals surface area contributed by atoms with Crippen molar-refractivity contribution >= 4 is 17.2 Å². The SMILES string of the molecule is Cc1cc(NC(=O)c2cnn(-c3ccc(C4CC4)cn3)c2C)cnc1C1=CC[C@H](N2CCOCC2)CC1. The monoisotopic (exact) mass is 498 g/mol. The van der Waals surface area contributed by atoms with Crippen LogP contribution in [0.25, 0.3) is 11.4 Å². The number of ether oxygens (including phenoxy) is 1. The lowest BCUT2D eigenvalue weighted by Crippen LogP contribution is -2.43. The van der Waals surface area contributed by atoms with Crippen molar-refractivity contribution in [2.75, 3.05) is 31.6 Å². The third kappa shape index (κ3) is 5.08. The molecule has 37 heavy (non-hydrogen) atoms. The Morgan fingerprint density at radius 2 is 1.89 bits per heavy atom. The number of carbonyl (C=O) groups is 1. The molecule has 2 aliphatic carbocycles. The Labute approximate surface area is 217 Å². The lowest BCUT2D eigenvalue weighted by Gasteiger charge is -2.36. The van der Waals surface area contributed by atoms with Crippen LogP contribution in [0, 0.1) is 13.8 Å². The van der Waals surface area contributed by atoms with Gasteiger partial charge >= 0.3 is 0 Å². The summed E-state index contributed by atoms with van der Waals surface area (Å²) in [4.78, 5) is 24.9. The maximum Gasteiger partial charge on any atom is 0.259 e. The summed E-state index contributed by atoms with van der Waals surface area (Å²) in [5.41, 5.74) is 6.65. The lowest BCUT2D eigenvalue weighted by molar-refractivity contribution is 0.0150. The number of pyridine rings is 2. The number of nitrogens with one attached hydrogen (secondary N) is 1. The molecule has 1 saturated heterocycles. The second-order valence-corrected chi connectivity index (χ2v) is 10.4. The predicted molar refractivity (Wildman–Crippen MR) is 143 cm³/mol. The summed E-state index contributed by atoms with van der Waals surface area (Å²) in [6.07, 6.45) is 13.3. The second kappa shape index (κ2) is 10.2. The molecular weight excluding hydrogens is 464 g/mol. The Balaban J connectivity index is 1.12. The molecule has 3 aromatic rings. The van der Waals surface area contributed by atoms with Gasteiger partial charge in [-0.15, -0.1) is 0 Å². The van der Waals surface area contributed by atoms with Crippen LogP contribution in [-0.2, 0) is 4.74 Å². The normalized spacial score (nSPS) is 20.5. The molecule has 0 spiro atoms. The number of aromatic nitrogens is 4. The van der Waals surface area contributed by atoms with Crippen molar-refractivity contribution < 1.29 is 9.53 Å². The molecule has 3 aliphatic rings. The van der Waals surface area contributed by atoms with Gasteiger partial charge in [-0.3, -0.25) is 14.7 Å². The molecule has 3 aromatic heterocycles. The summed E-state index contributed by atoms with van der Waals surface area (Å²) in [7, 11) is 0. The molecule has 4 heterocycles. The minimum atomic E-state index is -0.197. The van der Waals surface area contributed by atoms with Gasteiger partial charge in [0.2, 0.25) is 0 Å². The summed E-state index contributed by atoms with van der Waals surface area (Å²) >= 11 is 0. The van der Waals surface area contributed by atoms with Gasteiger partial charge in [0, 0.05) is 25.3 Å². The fraction of sp³-hybridized carbons (Fsp3) is 0.448. The minimum absolute atomic E-state index is 0.197. The lowest BCUT2D eigenvalue weighted by atomic mass is 9.90. The molecular formula is C29H34N6O2. The van der Waals surface area contributed by atoms with Crippen molar-refractivity contribution in [3.8, 4) is 5.82 Å². The quantitative estimate of drug-likeness (QED) is 0.531. The van der Waals surface area contributed by atoms with E-state index in [-0.39, 0.29) is 5.91 Å². The number of amides is 1. The van der Waals surface area contributed by atoms with Gasteiger partial charge in [0.1, 0.15) is 0 Å². The molecule has 1 saturated carbocycles. The average molecular weight is 499 g/mol. The van der Waals surface area contributed by atoms with Gasteiger partial charge < -0.3 is 10.1 Å². The average Bonchev–Trinajstić information content (AvgIpc) is 3.71. The molecule has 1 N–H and O–H groups in total. The molecule has 192 valence electrons. The van der Waals surface area contributed by atoms with Crippen molar-refractivity contribution in [2.24, 2.45) is 0 Å². The maximum absolute atomic E-state index is 13.1. The van der Waals surface area contributed by atoms with Crippen molar-refractivity contribution in [1.29, 1.82) is 0 Å². The molecule has 8 heteroatoms. The standard InChI is InChI=1S/C29H34N6O2/c1-19-15-24(17-31-28(19)22-5-8-25(9-6-22)34-11-13-37-14-12-34)33-29(36)26-18-32-35(20(26)2)27-10-7-23(16-30-27)21-3-4-21/h5,7,10,15-18,21,25H,3-4,6,8-9,11-14H2,1-2H3,(H,33,36)/t25-/m0/s1. The number of anilines is 1. The van der Waals surface area contributed by atoms with Crippen LogP contribution in [0.15, 0.2) is 42.9 Å². The predicted octanol–water partition coefficient (Wildman–Crippen LogP) is 4.68. The highest BCUT2D eigenvalue weighted by Gasteiger charge is 2.25. The van der Waals surface area contributed by atoms with Crippen molar-refractivity contribution in [2.45, 2.75) is 57.9 Å². The van der Waals surface area contributed by atoms with Crippen LogP contribution in [0.3, 0.4) is 0 Å². The number of hydrogen-bond donors (Lipinski definition) is 1. The topological polar surface area (TPSA) is 85.2 Å². The summed E-state index contributed by atoms with van der Waals surface area (Å²) in [5, 5.41) is 7.44. The van der Waals surface area contributed by atoms with E-state index in [0.29, 0.717) is 23.2 Å². The number of allylic oxidation sites excluding steroid dienone is 1. The number of nitrogens with zero attached hydrogens (tertiary/aromatic N) is 5. The Kier molecular flexibility index (Phi) is 6.61. The van der Waals surface area contributed by atoms with Crippen molar-refractivity contribution in [3.05, 3.63) is 70.9 Å². The highest BCUT2D eigenvalue weighted by Crippen LogP contribution is 2.39. The molecule has 2 fully saturated rings. The van der Waals surface area contributed by atoms with E-state index in [1.807, 2.05) is 25.3 Å². The van der Waals surface area contributed by atoms with E-state index in [2.05, 4.69) is 39.4 Å². The van der Waals surface area contributed by atoms with Crippen LogP contribution in [0.2, 0.25) is 0 Å². The number of aryl methyl sites for hydroxylation is 1. The highest BCUT2D eigenvalue weighted by atomic mass is 16.5. The number of carbonyl (C=O) groups excluding carboxylic acids is 1. The van der Waals surface area contributed by atoms with E-state index in [9.17, 15) is 4.79 Å². The first-order chi connectivity index (χ1) is 18.1. The first-order valence-electron chi connectivity index (χ1n) is 13.4. The van der Waals surface area contributed by atoms with Gasteiger partial charge in [-0.25, -0.2) is 9.67 Å². The third-order valence-corrected chi connectivity index (χ3v) is 7.88. The fourth-order valence-electron chi connectivity index (χ4n) is 5.53. The van der Waals surface area contributed by atoms with Crippen LogP contribution in [0.5, 0.6) is 0 Å². The van der Waals surface area contributed by atoms with Gasteiger partial charge in [0.25, 0.3) is 5.91 Å². The second-order valence-electron chi connectivity index (χ2n) is 10.4. The zero-order valence-corrected chi connectivity index (χ0v) is 21.6. The molecule has 1 amide bonds. The molecule has 6 rings (SSSR count). The zero-order valence-electron chi connectivity index (χ0n) is 21.6. The molecule has 8 nitrogen and oxygen atoms in total. The van der Waals surface area contributed by atoms with Gasteiger partial charge in [0.15, 0.2) is 5.82 Å². The number of morpholine rings is 1. The molecule has 1 aliphatic heterocycles. The first-order valence-corrected chi connectivity index (χ1v) is 13.4. The molecule has 1 atom stereocenters. The molecule has 0 bridgehead atoms. The van der Waals surface area contributed by atoms with E-state index < -0.39 is 0 Å². The van der Waals surface area contributed by atoms with E-state index in [1.165, 1.54) is 24.0 Å². The van der Waals surface area contributed by atoms with Gasteiger partial charge in [-0.2, -0.15) is 5.10 Å². The Hall–Kier alpha value is -3.36. The molecule has 0 aromatic carbocycles. The Bertz CT molecular complexity index is 1320. The van der Waals surface area contributed by atoms with Gasteiger partial charge in [-0.1, -0.05) is 12.1 Å². The number of hydrogen-bond acceptors (Lipinski definition) is 6. The third-order valence-electron chi connectivity index (χ3n) is 7.88. The Morgan fingerprint density at radius 1 is 1.05 bits per heavy atom. The van der Waals surface area contributed by atoms with Crippen LogP contribution in [-0.4, -0.2) is 62.9 Å². The van der Waals surface area contributed by atoms with Crippen molar-refractivity contribution in [1.82, 2.24) is 24.6 Å². The number of rotatable bonds is 6. The van der Waals surface area contributed by atoms with E-state index in [1.54, 1.807) is 17.1 Å². The largest absolute Gasteiger partial charge is 0.379 e. The summed E-state index contributed by atoms with van der Waals surface area (Å²) < 4.78 is 7.22. The van der Waals surface area contributed by atoms with Crippen LogP contribution >= 0.6 is 0 Å². The molecule has 0 radical (unpaired) electrons. The van der Waals surface area contributed by atoms with Crippen molar-refractivity contribution in [3.63, 3.8) is 0 Å². The minimum Gasteiger partial charge on any atom is -0.379 e. The van der Waals surface area contributed by atoms with Crippen LogP contribution in [0.4, 0.5) is 5.69 Å². The molecule has 0 unspecified atom stereocenters. The summed E-state index contributed by atoms with van der Waals surface area (Å²) in [6.45, 7) is 7.69. The Morgan fingerprint density at radius 3 is 2.57 bits per heavy atom. The first kappa shape index (κ1) is 24.0. The highest BCUT2D eigenvalue weighted by molar-refractivity contribution is 6.05. The smallest absolute Gasteiger partial charge is 0.259 e. The van der Waals surface area contributed by atoms with E-state index >= 15 is 0 Å². The maximum atomic E-state index is 13.1. The fourth-order valence-corrected chi connectivity index (χ4v) is 5.53. The van der Waals surface area contributed by atoms with E-state index in [4.69, 9.17) is 9.72 Å². The van der Waals surface area contributed by atoms with Gasteiger partial charge in [-0.05, 0) is 80.7 Å². The van der Waals surface area contributed by atoms with Crippen LogP contribution in [0.1, 0.15) is 70.9 Å². The van der Waals surface area contributed by atoms with E-state index in [0.717, 1.165) is 68.3 Å². The summed E-state index contributed by atoms with van der Waals surface area (Å²) in [6, 6.07) is 6.70. The van der Waals surface area contributed by atoms with Crippen LogP contribution < -0.4 is 5.32 Å².